The molecular weight excluding hydrogens is 413 g/mol. The van der Waals surface area contributed by atoms with Crippen LogP contribution in [0.2, 0.25) is 0 Å². The van der Waals surface area contributed by atoms with Crippen LogP contribution in [0.1, 0.15) is 50.0 Å². The summed E-state index contributed by atoms with van der Waals surface area (Å²) in [6.45, 7) is 6.71. The van der Waals surface area contributed by atoms with Crippen molar-refractivity contribution in [3.63, 3.8) is 0 Å². The Bertz CT molecular complexity index is 777. The Kier molecular flexibility index (Phi) is 6.24. The zero-order valence-corrected chi connectivity index (χ0v) is 17.8. The molecule has 140 valence electrons. The van der Waals surface area contributed by atoms with Crippen LogP contribution in [0.15, 0.2) is 53.0 Å². The first kappa shape index (κ1) is 19.6. The van der Waals surface area contributed by atoms with Crippen molar-refractivity contribution in [2.24, 2.45) is 0 Å². The fraction of sp³-hybridized carbons (Fsp3) is 0.400. The van der Waals surface area contributed by atoms with Gasteiger partial charge in [0.1, 0.15) is 0 Å². The summed E-state index contributed by atoms with van der Waals surface area (Å²) >= 11 is 3.45. The van der Waals surface area contributed by atoms with Gasteiger partial charge >= 0.3 is 7.60 Å². The van der Waals surface area contributed by atoms with Gasteiger partial charge in [-0.15, -0.1) is 0 Å². The van der Waals surface area contributed by atoms with Crippen molar-refractivity contribution in [1.82, 2.24) is 0 Å². The molecule has 1 fully saturated rings. The Morgan fingerprint density at radius 1 is 1.08 bits per heavy atom. The first-order valence-corrected chi connectivity index (χ1v) is 11.3. The number of hydrogen-bond acceptors (Lipinski definition) is 4. The summed E-state index contributed by atoms with van der Waals surface area (Å²) in [6, 6.07) is 16.0. The molecule has 0 aromatic heterocycles. The first-order valence-electron chi connectivity index (χ1n) is 8.92. The van der Waals surface area contributed by atoms with E-state index in [9.17, 15) is 4.57 Å². The van der Waals surface area contributed by atoms with Gasteiger partial charge in [0.05, 0.1) is 12.7 Å². The molecule has 3 atom stereocenters. The lowest BCUT2D eigenvalue weighted by atomic mass is 10.0. The minimum absolute atomic E-state index is 0.0855. The van der Waals surface area contributed by atoms with Crippen molar-refractivity contribution in [2.75, 3.05) is 11.9 Å². The number of nitrogens with one attached hydrogen (secondary N) is 1. The van der Waals surface area contributed by atoms with Gasteiger partial charge in [-0.2, -0.15) is 0 Å². The van der Waals surface area contributed by atoms with Gasteiger partial charge in [-0.3, -0.25) is 4.57 Å². The minimum atomic E-state index is -3.34. The van der Waals surface area contributed by atoms with E-state index in [1.807, 2.05) is 43.3 Å². The standard InChI is InChI=1S/C20H25BrNO3P/c1-14(2)16-6-10-19(11-7-16)22-20(17-4-8-18(21)9-5-17)26(23)24-13-12-15(3)25-26/h4-11,14-15,20,22H,12-13H2,1-3H3/t15-,20+,26-/m1/s1. The summed E-state index contributed by atoms with van der Waals surface area (Å²) in [5, 5.41) is 3.38. The molecule has 26 heavy (non-hydrogen) atoms. The highest BCUT2D eigenvalue weighted by Gasteiger charge is 2.41. The highest BCUT2D eigenvalue weighted by molar-refractivity contribution is 9.10. The second-order valence-corrected chi connectivity index (χ2v) is 9.93. The summed E-state index contributed by atoms with van der Waals surface area (Å²) in [6.07, 6.45) is 0.665. The van der Waals surface area contributed by atoms with E-state index in [2.05, 4.69) is 47.2 Å². The van der Waals surface area contributed by atoms with Crippen molar-refractivity contribution in [1.29, 1.82) is 0 Å². The van der Waals surface area contributed by atoms with Crippen LogP contribution < -0.4 is 5.32 Å². The largest absolute Gasteiger partial charge is 0.368 e. The fourth-order valence-corrected chi connectivity index (χ4v) is 5.33. The Labute approximate surface area is 164 Å². The third-order valence-electron chi connectivity index (χ3n) is 4.51. The lowest BCUT2D eigenvalue weighted by molar-refractivity contribution is 0.0887. The van der Waals surface area contributed by atoms with Crippen molar-refractivity contribution < 1.29 is 13.6 Å². The molecular formula is C20H25BrNO3P. The smallest absolute Gasteiger partial charge is 0.357 e. The summed E-state index contributed by atoms with van der Waals surface area (Å²) in [5.41, 5.74) is 3.03. The molecule has 0 radical (unpaired) electrons. The van der Waals surface area contributed by atoms with Gasteiger partial charge in [-0.25, -0.2) is 0 Å². The molecule has 0 unspecified atom stereocenters. The lowest BCUT2D eigenvalue weighted by Gasteiger charge is -2.34. The lowest BCUT2D eigenvalue weighted by Crippen LogP contribution is -2.23. The van der Waals surface area contributed by atoms with Gasteiger partial charge in [0.15, 0.2) is 5.78 Å². The maximum Gasteiger partial charge on any atom is 0.357 e. The normalized spacial score (nSPS) is 24.4. The van der Waals surface area contributed by atoms with E-state index in [1.165, 1.54) is 5.56 Å². The fourth-order valence-electron chi connectivity index (χ4n) is 2.93. The van der Waals surface area contributed by atoms with Crippen LogP contribution in [0.5, 0.6) is 0 Å². The molecule has 1 heterocycles. The number of halogens is 1. The van der Waals surface area contributed by atoms with Gasteiger partial charge < -0.3 is 14.4 Å². The molecule has 6 heteroatoms. The molecule has 2 aromatic carbocycles. The highest BCUT2D eigenvalue weighted by Crippen LogP contribution is 2.63. The minimum Gasteiger partial charge on any atom is -0.368 e. The van der Waals surface area contributed by atoms with Crippen LogP contribution in [0, 0.1) is 0 Å². The molecule has 0 bridgehead atoms. The average molecular weight is 438 g/mol. The predicted molar refractivity (Wildman–Crippen MR) is 110 cm³/mol. The number of hydrogen-bond donors (Lipinski definition) is 1. The van der Waals surface area contributed by atoms with E-state index in [4.69, 9.17) is 9.05 Å². The van der Waals surface area contributed by atoms with Crippen molar-refractivity contribution in [2.45, 2.75) is 45.0 Å². The summed E-state index contributed by atoms with van der Waals surface area (Å²) < 4.78 is 26.0. The Morgan fingerprint density at radius 2 is 1.69 bits per heavy atom. The van der Waals surface area contributed by atoms with Crippen LogP contribution in [0.3, 0.4) is 0 Å². The zero-order chi connectivity index (χ0) is 18.7. The third kappa shape index (κ3) is 4.58. The maximum atomic E-state index is 13.5. The van der Waals surface area contributed by atoms with Gasteiger partial charge in [0.25, 0.3) is 0 Å². The molecule has 0 aliphatic carbocycles. The molecule has 0 amide bonds. The molecule has 1 aliphatic rings. The first-order chi connectivity index (χ1) is 12.4. The highest BCUT2D eigenvalue weighted by atomic mass is 79.9. The average Bonchev–Trinajstić information content (AvgIpc) is 2.61. The SMILES string of the molecule is CC(C)c1ccc(N[C@H](c2ccc(Br)cc2)[P@@]2(=O)OCC[C@@H](C)O2)cc1. The van der Waals surface area contributed by atoms with E-state index in [0.29, 0.717) is 12.5 Å². The molecule has 3 rings (SSSR count). The molecule has 0 saturated carbocycles. The van der Waals surface area contributed by atoms with Gasteiger partial charge in [0.2, 0.25) is 0 Å². The van der Waals surface area contributed by atoms with E-state index >= 15 is 0 Å². The van der Waals surface area contributed by atoms with E-state index in [0.717, 1.165) is 22.1 Å². The molecule has 1 N–H and O–H groups in total. The Morgan fingerprint density at radius 3 is 2.27 bits per heavy atom. The molecule has 1 saturated heterocycles. The van der Waals surface area contributed by atoms with Gasteiger partial charge in [0, 0.05) is 10.2 Å². The summed E-state index contributed by atoms with van der Waals surface area (Å²) in [5.74, 6) is -0.0845. The van der Waals surface area contributed by atoms with E-state index < -0.39 is 13.4 Å². The third-order valence-corrected chi connectivity index (χ3v) is 7.29. The van der Waals surface area contributed by atoms with Crippen LogP contribution in [0.25, 0.3) is 0 Å². The predicted octanol–water partition coefficient (Wildman–Crippen LogP) is 6.70. The van der Waals surface area contributed by atoms with E-state index in [-0.39, 0.29) is 6.10 Å². The molecule has 0 spiro atoms. The van der Waals surface area contributed by atoms with Crippen molar-refractivity contribution in [3.05, 3.63) is 64.1 Å². The van der Waals surface area contributed by atoms with Crippen LogP contribution in [0.4, 0.5) is 5.69 Å². The topological polar surface area (TPSA) is 47.6 Å². The zero-order valence-electron chi connectivity index (χ0n) is 15.3. The van der Waals surface area contributed by atoms with Crippen LogP contribution in [-0.2, 0) is 13.6 Å². The van der Waals surface area contributed by atoms with Crippen LogP contribution in [-0.4, -0.2) is 12.7 Å². The quantitative estimate of drug-likeness (QED) is 0.528. The Balaban J connectivity index is 1.92. The summed E-state index contributed by atoms with van der Waals surface area (Å²) in [4.78, 5) is 0. The second kappa shape index (κ2) is 8.26. The number of anilines is 1. The Hall–Kier alpha value is -1.13. The van der Waals surface area contributed by atoms with Crippen molar-refractivity contribution >= 4 is 29.2 Å². The van der Waals surface area contributed by atoms with Gasteiger partial charge in [-0.05, 0) is 54.7 Å². The summed E-state index contributed by atoms with van der Waals surface area (Å²) in [7, 11) is -3.34. The number of rotatable bonds is 5. The van der Waals surface area contributed by atoms with Crippen molar-refractivity contribution in [3.8, 4) is 0 Å². The second-order valence-electron chi connectivity index (χ2n) is 6.95. The van der Waals surface area contributed by atoms with Gasteiger partial charge in [-0.1, -0.05) is 54.0 Å². The van der Waals surface area contributed by atoms with Crippen LogP contribution >= 0.6 is 23.5 Å². The monoisotopic (exact) mass is 437 g/mol. The molecule has 1 aliphatic heterocycles. The number of benzene rings is 2. The van der Waals surface area contributed by atoms with E-state index in [1.54, 1.807) is 0 Å². The molecule has 4 nitrogen and oxygen atoms in total. The maximum absolute atomic E-state index is 13.5. The molecule has 2 aromatic rings.